The molecule has 0 amide bonds. The highest BCUT2D eigenvalue weighted by atomic mass is 16.8. The summed E-state index contributed by atoms with van der Waals surface area (Å²) in [4.78, 5) is 0. The average Bonchev–Trinajstić information content (AvgIpc) is 3.29. The minimum atomic E-state index is -2.01. The van der Waals surface area contributed by atoms with Crippen LogP contribution in [0.25, 0.3) is 0 Å². The van der Waals surface area contributed by atoms with E-state index >= 15 is 0 Å². The molecule has 0 aromatic rings. The van der Waals surface area contributed by atoms with E-state index in [9.17, 15) is 46.0 Å². The van der Waals surface area contributed by atoms with E-state index in [2.05, 4.69) is 0 Å². The first-order chi connectivity index (χ1) is 16.6. The van der Waals surface area contributed by atoms with Gasteiger partial charge in [-0.1, -0.05) is 0 Å². The quantitative estimate of drug-likeness (QED) is 0.128. The van der Waals surface area contributed by atoms with Gasteiger partial charge in [-0.05, 0) is 20.8 Å². The Labute approximate surface area is 207 Å². The van der Waals surface area contributed by atoms with Crippen LogP contribution in [-0.4, -0.2) is 157 Å². The molecule has 3 aliphatic rings. The van der Waals surface area contributed by atoms with E-state index in [1.165, 1.54) is 27.9 Å². The molecule has 0 aliphatic carbocycles. The molecule has 14 atom stereocenters. The third kappa shape index (κ3) is 5.16. The van der Waals surface area contributed by atoms with Crippen molar-refractivity contribution in [3.63, 3.8) is 0 Å². The largest absolute Gasteiger partial charge is 0.394 e. The fourth-order valence-corrected chi connectivity index (χ4v) is 4.69. The molecular weight excluding hydrogens is 492 g/mol. The van der Waals surface area contributed by atoms with Crippen molar-refractivity contribution in [3.05, 3.63) is 0 Å². The fraction of sp³-hybridized carbons (Fsp3) is 1.00. The van der Waals surface area contributed by atoms with Crippen molar-refractivity contribution in [3.8, 4) is 0 Å². The molecule has 15 heteroatoms. The Balaban J connectivity index is 1.82. The Morgan fingerprint density at radius 2 is 1.31 bits per heavy atom. The van der Waals surface area contributed by atoms with Crippen LogP contribution in [0.15, 0.2) is 0 Å². The lowest BCUT2D eigenvalue weighted by Crippen LogP contribution is -2.54. The molecule has 3 rings (SSSR count). The van der Waals surface area contributed by atoms with Crippen molar-refractivity contribution in [1.82, 2.24) is 0 Å². The lowest BCUT2D eigenvalue weighted by Gasteiger charge is -2.34. The van der Waals surface area contributed by atoms with Gasteiger partial charge in [-0.25, -0.2) is 0 Å². The lowest BCUT2D eigenvalue weighted by atomic mass is 9.91. The highest BCUT2D eigenvalue weighted by Crippen LogP contribution is 2.39. The highest BCUT2D eigenvalue weighted by Gasteiger charge is 2.60. The van der Waals surface area contributed by atoms with Gasteiger partial charge in [-0.2, -0.15) is 0 Å². The second kappa shape index (κ2) is 10.9. The summed E-state index contributed by atoms with van der Waals surface area (Å²) >= 11 is 0. The summed E-state index contributed by atoms with van der Waals surface area (Å²) in [5.41, 5.74) is -5.88. The first-order valence-corrected chi connectivity index (χ1v) is 11.5. The fourth-order valence-electron chi connectivity index (χ4n) is 4.69. The van der Waals surface area contributed by atoms with Gasteiger partial charge in [0, 0.05) is 7.11 Å². The van der Waals surface area contributed by atoms with Crippen molar-refractivity contribution in [2.45, 2.75) is 105 Å². The SMILES string of the molecule is CO[C@@H]1O[C@@H](C(CO[C@@H]2O[C@@H](C(O)CO)[C@](C)(O)C2O)O[C@H]2O[C@H](CO)[C@@](C)(O)C2O)[C@](C)(O)C1O. The summed E-state index contributed by atoms with van der Waals surface area (Å²) in [5.74, 6) is 0. The number of methoxy groups -OCH3 is 1. The number of ether oxygens (including phenoxy) is 6. The maximum absolute atomic E-state index is 10.9. The average molecular weight is 531 g/mol. The maximum atomic E-state index is 10.9. The Morgan fingerprint density at radius 3 is 1.81 bits per heavy atom. The molecule has 3 saturated heterocycles. The van der Waals surface area contributed by atoms with Crippen LogP contribution in [0.3, 0.4) is 0 Å². The summed E-state index contributed by atoms with van der Waals surface area (Å²) in [5, 5.41) is 92.1. The first kappa shape index (κ1) is 29.9. The van der Waals surface area contributed by atoms with Gasteiger partial charge >= 0.3 is 0 Å². The molecule has 0 aromatic carbocycles. The number of aliphatic hydroxyl groups excluding tert-OH is 6. The van der Waals surface area contributed by atoms with Gasteiger partial charge in [-0.15, -0.1) is 0 Å². The monoisotopic (exact) mass is 530 g/mol. The number of hydrogen-bond acceptors (Lipinski definition) is 15. The van der Waals surface area contributed by atoms with Crippen molar-refractivity contribution in [1.29, 1.82) is 0 Å². The zero-order valence-corrected chi connectivity index (χ0v) is 20.4. The van der Waals surface area contributed by atoms with E-state index in [-0.39, 0.29) is 0 Å². The second-order valence-electron chi connectivity index (χ2n) is 10.0. The number of aliphatic hydroxyl groups is 9. The molecule has 3 fully saturated rings. The Kier molecular flexibility index (Phi) is 9.05. The predicted octanol–water partition coefficient (Wildman–Crippen LogP) is -5.11. The Bertz CT molecular complexity index is 732. The van der Waals surface area contributed by atoms with Gasteiger partial charge in [0.2, 0.25) is 0 Å². The van der Waals surface area contributed by atoms with Crippen molar-refractivity contribution in [2.24, 2.45) is 0 Å². The molecule has 15 nitrogen and oxygen atoms in total. The zero-order valence-electron chi connectivity index (χ0n) is 20.4. The van der Waals surface area contributed by atoms with Crippen molar-refractivity contribution >= 4 is 0 Å². The zero-order chi connectivity index (χ0) is 27.2. The molecule has 212 valence electrons. The predicted molar refractivity (Wildman–Crippen MR) is 114 cm³/mol. The molecule has 0 radical (unpaired) electrons. The summed E-state index contributed by atoms with van der Waals surface area (Å²) in [6.07, 6.45) is -16.1. The third-order valence-corrected chi connectivity index (χ3v) is 7.24. The molecule has 36 heavy (non-hydrogen) atoms. The smallest absolute Gasteiger partial charge is 0.187 e. The Hall–Kier alpha value is -0.600. The van der Waals surface area contributed by atoms with E-state index in [0.717, 1.165) is 0 Å². The van der Waals surface area contributed by atoms with E-state index in [1.54, 1.807) is 0 Å². The summed E-state index contributed by atoms with van der Waals surface area (Å²) in [6.45, 7) is 1.71. The second-order valence-corrected chi connectivity index (χ2v) is 10.0. The summed E-state index contributed by atoms with van der Waals surface area (Å²) in [7, 11) is 1.24. The van der Waals surface area contributed by atoms with Crippen molar-refractivity contribution in [2.75, 3.05) is 26.9 Å². The molecule has 0 spiro atoms. The molecule has 0 bridgehead atoms. The Morgan fingerprint density at radius 1 is 0.778 bits per heavy atom. The van der Waals surface area contributed by atoms with Gasteiger partial charge < -0.3 is 74.4 Å². The van der Waals surface area contributed by atoms with E-state index in [1.807, 2.05) is 0 Å². The van der Waals surface area contributed by atoms with Gasteiger partial charge in [-0.3, -0.25) is 0 Å². The highest BCUT2D eigenvalue weighted by molar-refractivity contribution is 5.04. The van der Waals surface area contributed by atoms with Crippen LogP contribution in [0.5, 0.6) is 0 Å². The molecular formula is C21H38O15. The normalized spacial score (nSPS) is 51.1. The topological polar surface area (TPSA) is 237 Å². The molecule has 5 unspecified atom stereocenters. The first-order valence-electron chi connectivity index (χ1n) is 11.5. The third-order valence-electron chi connectivity index (χ3n) is 7.24. The molecule has 0 saturated carbocycles. The van der Waals surface area contributed by atoms with Crippen LogP contribution in [-0.2, 0) is 28.4 Å². The maximum Gasteiger partial charge on any atom is 0.187 e. The van der Waals surface area contributed by atoms with E-state index < -0.39 is 104 Å². The van der Waals surface area contributed by atoms with Gasteiger partial charge in [0.15, 0.2) is 18.9 Å². The van der Waals surface area contributed by atoms with Gasteiger partial charge in [0.05, 0.1) is 19.8 Å². The molecule has 3 aliphatic heterocycles. The van der Waals surface area contributed by atoms with Crippen LogP contribution in [0.4, 0.5) is 0 Å². The molecule has 9 N–H and O–H groups in total. The van der Waals surface area contributed by atoms with Crippen LogP contribution < -0.4 is 0 Å². The summed E-state index contributed by atoms with van der Waals surface area (Å²) in [6, 6.07) is 0. The van der Waals surface area contributed by atoms with Gasteiger partial charge in [0.25, 0.3) is 0 Å². The summed E-state index contributed by atoms with van der Waals surface area (Å²) < 4.78 is 32.9. The lowest BCUT2D eigenvalue weighted by molar-refractivity contribution is -0.263. The van der Waals surface area contributed by atoms with Crippen LogP contribution in [0, 0.1) is 0 Å². The standard InChI is InChI=1S/C21H38O15/c1-19(28)10(6-23)34-18(13(19)27)33-9(15-21(3,30)11(25)16(31-4)36-15)7-32-17-12(26)20(2,29)14(35-17)8(24)5-22/h8-18,22-30H,5-7H2,1-4H3/t8?,9?,10-,11?,12?,13?,14+,15+,16-,17-,18+,19-,20-,21-/m1/s1. The van der Waals surface area contributed by atoms with Crippen LogP contribution >= 0.6 is 0 Å². The minimum Gasteiger partial charge on any atom is -0.394 e. The number of rotatable bonds is 10. The van der Waals surface area contributed by atoms with Crippen LogP contribution in [0.1, 0.15) is 20.8 Å². The number of hydrogen-bond donors (Lipinski definition) is 9. The minimum absolute atomic E-state index is 0.553. The van der Waals surface area contributed by atoms with Gasteiger partial charge in [0.1, 0.15) is 65.6 Å². The van der Waals surface area contributed by atoms with E-state index in [0.29, 0.717) is 0 Å². The molecule has 3 heterocycles. The molecule has 0 aromatic heterocycles. The van der Waals surface area contributed by atoms with E-state index in [4.69, 9.17) is 28.4 Å². The van der Waals surface area contributed by atoms with Crippen molar-refractivity contribution < 1.29 is 74.4 Å². The van der Waals surface area contributed by atoms with Crippen LogP contribution in [0.2, 0.25) is 0 Å².